The van der Waals surface area contributed by atoms with Crippen molar-refractivity contribution >= 4 is 21.6 Å². The third kappa shape index (κ3) is 2.58. The van der Waals surface area contributed by atoms with E-state index in [9.17, 15) is 0 Å². The Morgan fingerprint density at radius 2 is 1.88 bits per heavy atom. The lowest BCUT2D eigenvalue weighted by molar-refractivity contribution is 0.483. The predicted molar refractivity (Wildman–Crippen MR) is 69.8 cm³/mol. The molecule has 0 atom stereocenters. The van der Waals surface area contributed by atoms with Gasteiger partial charge in [0.15, 0.2) is 0 Å². The third-order valence-corrected chi connectivity index (χ3v) is 2.69. The van der Waals surface area contributed by atoms with Crippen molar-refractivity contribution in [3.8, 4) is 17.6 Å². The van der Waals surface area contributed by atoms with Crippen LogP contribution in [-0.2, 0) is 0 Å². The van der Waals surface area contributed by atoms with Gasteiger partial charge in [-0.2, -0.15) is 5.26 Å². The monoisotopic (exact) mass is 288 g/mol. The summed E-state index contributed by atoms with van der Waals surface area (Å²) < 4.78 is 6.50. The molecule has 2 aromatic rings. The van der Waals surface area contributed by atoms with Crippen molar-refractivity contribution in [2.45, 2.75) is 0 Å². The molecule has 0 amide bonds. The zero-order valence-corrected chi connectivity index (χ0v) is 10.4. The second kappa shape index (κ2) is 4.89. The highest BCUT2D eigenvalue weighted by molar-refractivity contribution is 9.10. The minimum absolute atomic E-state index is 0.481. The highest BCUT2D eigenvalue weighted by Gasteiger charge is 2.06. The number of benzene rings is 2. The Kier molecular flexibility index (Phi) is 3.31. The molecule has 2 aromatic carbocycles. The number of hydrogen-bond acceptors (Lipinski definition) is 3. The van der Waals surface area contributed by atoms with Crippen molar-refractivity contribution in [2.24, 2.45) is 0 Å². The summed E-state index contributed by atoms with van der Waals surface area (Å²) in [4.78, 5) is 0. The van der Waals surface area contributed by atoms with Crippen LogP contribution in [0.3, 0.4) is 0 Å². The maximum Gasteiger partial charge on any atom is 0.150 e. The summed E-state index contributed by atoms with van der Waals surface area (Å²) in [6.45, 7) is 0. The number of para-hydroxylation sites is 1. The van der Waals surface area contributed by atoms with Crippen LogP contribution in [0.1, 0.15) is 5.56 Å². The Morgan fingerprint density at radius 3 is 2.59 bits per heavy atom. The van der Waals surface area contributed by atoms with Crippen molar-refractivity contribution < 1.29 is 4.74 Å². The molecule has 0 radical (unpaired) electrons. The van der Waals surface area contributed by atoms with Gasteiger partial charge in [-0.05, 0) is 30.3 Å². The van der Waals surface area contributed by atoms with Gasteiger partial charge in [-0.15, -0.1) is 0 Å². The number of nitriles is 1. The van der Waals surface area contributed by atoms with E-state index in [1.807, 2.05) is 12.1 Å². The molecule has 0 heterocycles. The first kappa shape index (κ1) is 11.5. The quantitative estimate of drug-likeness (QED) is 0.858. The average Bonchev–Trinajstić information content (AvgIpc) is 2.33. The zero-order chi connectivity index (χ0) is 12.3. The number of hydrogen-bond donors (Lipinski definition) is 1. The van der Waals surface area contributed by atoms with Crippen LogP contribution in [0.15, 0.2) is 46.9 Å². The molecule has 84 valence electrons. The molecule has 0 spiro atoms. The molecule has 17 heavy (non-hydrogen) atoms. The minimum atomic E-state index is 0.481. The highest BCUT2D eigenvalue weighted by atomic mass is 79.9. The van der Waals surface area contributed by atoms with E-state index in [0.717, 1.165) is 4.47 Å². The summed E-state index contributed by atoms with van der Waals surface area (Å²) in [5.41, 5.74) is 6.82. The third-order valence-electron chi connectivity index (χ3n) is 2.20. The molecule has 2 rings (SSSR count). The van der Waals surface area contributed by atoms with Gasteiger partial charge in [0, 0.05) is 4.47 Å². The summed E-state index contributed by atoms with van der Waals surface area (Å²) in [5.74, 6) is 1.04. The summed E-state index contributed by atoms with van der Waals surface area (Å²) in [6.07, 6.45) is 0. The second-order valence-corrected chi connectivity index (χ2v) is 4.31. The van der Waals surface area contributed by atoms with E-state index in [-0.39, 0.29) is 0 Å². The minimum Gasteiger partial charge on any atom is -0.454 e. The van der Waals surface area contributed by atoms with Crippen molar-refractivity contribution in [1.82, 2.24) is 0 Å². The molecule has 0 aliphatic heterocycles. The zero-order valence-electron chi connectivity index (χ0n) is 8.85. The number of rotatable bonds is 2. The second-order valence-electron chi connectivity index (χ2n) is 3.39. The average molecular weight is 289 g/mol. The Hall–Kier alpha value is -1.99. The van der Waals surface area contributed by atoms with Gasteiger partial charge in [0.25, 0.3) is 0 Å². The standard InChI is InChI=1S/C13H9BrN2O/c14-10-5-6-13(11(16)7-10)17-12-4-2-1-3-9(12)8-15/h1-7H,16H2. The molecule has 0 unspecified atom stereocenters. The van der Waals surface area contributed by atoms with E-state index in [4.69, 9.17) is 15.7 Å². The summed E-state index contributed by atoms with van der Waals surface area (Å²) in [6, 6.07) is 14.5. The molecule has 0 saturated carbocycles. The van der Waals surface area contributed by atoms with Crippen LogP contribution in [0.2, 0.25) is 0 Å². The van der Waals surface area contributed by atoms with Gasteiger partial charge >= 0.3 is 0 Å². The molecule has 4 heteroatoms. The van der Waals surface area contributed by atoms with Gasteiger partial charge in [-0.25, -0.2) is 0 Å². The van der Waals surface area contributed by atoms with E-state index in [1.54, 1.807) is 30.3 Å². The van der Waals surface area contributed by atoms with Crippen LogP contribution in [0.25, 0.3) is 0 Å². The van der Waals surface area contributed by atoms with Crippen LogP contribution >= 0.6 is 15.9 Å². The topological polar surface area (TPSA) is 59.0 Å². The van der Waals surface area contributed by atoms with Gasteiger partial charge in [0.1, 0.15) is 17.6 Å². The lowest BCUT2D eigenvalue weighted by atomic mass is 10.2. The van der Waals surface area contributed by atoms with E-state index < -0.39 is 0 Å². The molecule has 0 bridgehead atoms. The van der Waals surface area contributed by atoms with Crippen molar-refractivity contribution in [3.63, 3.8) is 0 Å². The Bertz CT molecular complexity index is 590. The predicted octanol–water partition coefficient (Wildman–Crippen LogP) is 3.70. The van der Waals surface area contributed by atoms with Crippen LogP contribution in [0.4, 0.5) is 5.69 Å². The molecule has 0 saturated heterocycles. The first-order valence-corrected chi connectivity index (χ1v) is 5.72. The first-order valence-electron chi connectivity index (χ1n) is 4.92. The maximum absolute atomic E-state index is 8.94. The Labute approximate surface area is 108 Å². The van der Waals surface area contributed by atoms with E-state index in [2.05, 4.69) is 22.0 Å². The highest BCUT2D eigenvalue weighted by Crippen LogP contribution is 2.31. The van der Waals surface area contributed by atoms with E-state index in [1.165, 1.54) is 0 Å². The van der Waals surface area contributed by atoms with Crippen LogP contribution < -0.4 is 10.5 Å². The van der Waals surface area contributed by atoms with Gasteiger partial charge in [0.05, 0.1) is 11.3 Å². The number of halogens is 1. The van der Waals surface area contributed by atoms with Crippen LogP contribution in [-0.4, -0.2) is 0 Å². The molecule has 2 N–H and O–H groups in total. The summed E-state index contributed by atoms with van der Waals surface area (Å²) >= 11 is 3.32. The van der Waals surface area contributed by atoms with Crippen LogP contribution in [0, 0.1) is 11.3 Å². The molecule has 3 nitrogen and oxygen atoms in total. The maximum atomic E-state index is 8.94. The van der Waals surface area contributed by atoms with Crippen LogP contribution in [0.5, 0.6) is 11.5 Å². The van der Waals surface area contributed by atoms with E-state index >= 15 is 0 Å². The van der Waals surface area contributed by atoms with Gasteiger partial charge in [0.2, 0.25) is 0 Å². The Balaban J connectivity index is 2.35. The SMILES string of the molecule is N#Cc1ccccc1Oc1ccc(Br)cc1N. The molecule has 0 aliphatic carbocycles. The lowest BCUT2D eigenvalue weighted by Gasteiger charge is -2.09. The lowest BCUT2D eigenvalue weighted by Crippen LogP contribution is -1.93. The van der Waals surface area contributed by atoms with Gasteiger partial charge < -0.3 is 10.5 Å². The summed E-state index contributed by atoms with van der Waals surface area (Å²) in [7, 11) is 0. The molecular weight excluding hydrogens is 280 g/mol. The fraction of sp³-hybridized carbons (Fsp3) is 0. The smallest absolute Gasteiger partial charge is 0.150 e. The molecular formula is C13H9BrN2O. The normalized spacial score (nSPS) is 9.65. The van der Waals surface area contributed by atoms with Crippen molar-refractivity contribution in [2.75, 3.05) is 5.73 Å². The summed E-state index contributed by atoms with van der Waals surface area (Å²) in [5, 5.41) is 8.94. The van der Waals surface area contributed by atoms with Crippen molar-refractivity contribution in [1.29, 1.82) is 5.26 Å². The number of ether oxygens (including phenoxy) is 1. The number of nitrogens with two attached hydrogens (primary N) is 1. The molecule has 0 fully saturated rings. The number of nitrogens with zero attached hydrogens (tertiary/aromatic N) is 1. The number of anilines is 1. The molecule has 0 aromatic heterocycles. The van der Waals surface area contributed by atoms with E-state index in [0.29, 0.717) is 22.7 Å². The largest absolute Gasteiger partial charge is 0.454 e. The number of nitrogen functional groups attached to an aromatic ring is 1. The fourth-order valence-corrected chi connectivity index (χ4v) is 1.76. The first-order chi connectivity index (χ1) is 8.20. The Morgan fingerprint density at radius 1 is 1.12 bits per heavy atom. The fourth-order valence-electron chi connectivity index (χ4n) is 1.38. The van der Waals surface area contributed by atoms with Gasteiger partial charge in [-0.1, -0.05) is 28.1 Å². The van der Waals surface area contributed by atoms with Gasteiger partial charge in [-0.3, -0.25) is 0 Å². The van der Waals surface area contributed by atoms with Crippen molar-refractivity contribution in [3.05, 3.63) is 52.5 Å². The molecule has 0 aliphatic rings.